The zero-order valence-electron chi connectivity index (χ0n) is 14.4. The average molecular weight is 336 g/mol. The topological polar surface area (TPSA) is 74.2 Å². The molecule has 22 heavy (non-hydrogen) atoms. The van der Waals surface area contributed by atoms with Crippen LogP contribution in [0.25, 0.3) is 0 Å². The van der Waals surface area contributed by atoms with Crippen molar-refractivity contribution in [3.05, 3.63) is 0 Å². The van der Waals surface area contributed by atoms with Crippen molar-refractivity contribution in [1.82, 2.24) is 0 Å². The van der Waals surface area contributed by atoms with Crippen molar-refractivity contribution >= 4 is 15.7 Å². The molecule has 0 amide bonds. The minimum absolute atomic E-state index is 0.00528. The molecule has 130 valence electrons. The van der Waals surface area contributed by atoms with Gasteiger partial charge in [0.25, 0.3) is 0 Å². The third-order valence-corrected chi connectivity index (χ3v) is 3.92. The molecule has 0 rings (SSSR count). The van der Waals surface area contributed by atoms with Crippen LogP contribution in [0.2, 0.25) is 6.32 Å². The van der Waals surface area contributed by atoms with Gasteiger partial charge < -0.3 is 14.4 Å². The molecule has 0 aromatic rings. The van der Waals surface area contributed by atoms with Gasteiger partial charge in [-0.15, -0.1) is 0 Å². The molecule has 1 N–H and O–H groups in total. The molecule has 0 saturated carbocycles. The maximum Gasteiger partial charge on any atom is 0.472 e. The fourth-order valence-corrected chi connectivity index (χ4v) is 2.46. The van der Waals surface area contributed by atoms with Crippen LogP contribution < -0.4 is 0 Å². The molecule has 0 bridgehead atoms. The number of phosphoric acid groups is 1. The quantitative estimate of drug-likeness (QED) is 0.412. The van der Waals surface area contributed by atoms with Crippen molar-refractivity contribution in [3.63, 3.8) is 0 Å². The van der Waals surface area contributed by atoms with Crippen molar-refractivity contribution in [3.8, 4) is 0 Å². The molecule has 0 aliphatic rings. The van der Waals surface area contributed by atoms with Crippen molar-refractivity contribution < 1.29 is 28.0 Å². The highest BCUT2D eigenvalue weighted by Crippen LogP contribution is 2.45. The highest BCUT2D eigenvalue weighted by atomic mass is 31.2. The fourth-order valence-electron chi connectivity index (χ4n) is 1.47. The van der Waals surface area contributed by atoms with E-state index in [1.807, 2.05) is 34.6 Å². The van der Waals surface area contributed by atoms with Gasteiger partial charge >= 0.3 is 7.82 Å². The summed E-state index contributed by atoms with van der Waals surface area (Å²) in [4.78, 5) is 9.76. The average Bonchev–Trinajstić information content (AvgIpc) is 2.43. The van der Waals surface area contributed by atoms with Crippen molar-refractivity contribution in [1.29, 1.82) is 0 Å². The SMILES string of the molecule is [B]C[C@H](COC(C)C)OP(=O)(O)OC[C@@H](CC)COC(C)C. The van der Waals surface area contributed by atoms with Crippen molar-refractivity contribution in [2.45, 2.75) is 65.7 Å². The van der Waals surface area contributed by atoms with Gasteiger partial charge in [0.15, 0.2) is 0 Å². The van der Waals surface area contributed by atoms with Crippen LogP contribution in [-0.2, 0) is 23.1 Å². The molecular weight excluding hydrogens is 306 g/mol. The van der Waals surface area contributed by atoms with Crippen LogP contribution in [0.15, 0.2) is 0 Å². The van der Waals surface area contributed by atoms with E-state index in [-0.39, 0.29) is 37.7 Å². The van der Waals surface area contributed by atoms with Gasteiger partial charge in [-0.2, -0.15) is 0 Å². The summed E-state index contributed by atoms with van der Waals surface area (Å²) in [5.74, 6) is 0.0368. The van der Waals surface area contributed by atoms with E-state index in [0.29, 0.717) is 6.61 Å². The van der Waals surface area contributed by atoms with Gasteiger partial charge in [-0.25, -0.2) is 4.57 Å². The molecule has 0 aromatic carbocycles. The summed E-state index contributed by atoms with van der Waals surface area (Å²) >= 11 is 0. The maximum absolute atomic E-state index is 11.9. The Morgan fingerprint density at radius 3 is 2.05 bits per heavy atom. The van der Waals surface area contributed by atoms with Crippen molar-refractivity contribution in [2.75, 3.05) is 19.8 Å². The van der Waals surface area contributed by atoms with Crippen LogP contribution in [0.4, 0.5) is 0 Å². The molecule has 0 aliphatic heterocycles. The van der Waals surface area contributed by atoms with E-state index in [9.17, 15) is 9.46 Å². The Hall–Kier alpha value is 0.0949. The summed E-state index contributed by atoms with van der Waals surface area (Å²) in [5.41, 5.74) is 0. The standard InChI is InChI=1S/C14H30BO6P/c1-6-13(8-18-11(2)3)9-20-22(16,17)21-14(7-15)10-19-12(4)5/h11-14H,6-10H2,1-5H3,(H,16,17)/t13-,14+/m0/s1. The molecule has 6 nitrogen and oxygen atoms in total. The maximum atomic E-state index is 11.9. The van der Waals surface area contributed by atoms with E-state index in [1.54, 1.807) is 0 Å². The van der Waals surface area contributed by atoms with E-state index in [2.05, 4.69) is 0 Å². The van der Waals surface area contributed by atoms with Gasteiger partial charge in [0, 0.05) is 5.92 Å². The molecule has 0 heterocycles. The van der Waals surface area contributed by atoms with Crippen molar-refractivity contribution in [2.24, 2.45) is 5.92 Å². The highest BCUT2D eigenvalue weighted by Gasteiger charge is 2.27. The van der Waals surface area contributed by atoms with E-state index >= 15 is 0 Å². The summed E-state index contributed by atoms with van der Waals surface area (Å²) in [6, 6.07) is 0. The Morgan fingerprint density at radius 2 is 1.59 bits per heavy atom. The molecular formula is C14H30BO6P. The number of phosphoric ester groups is 1. The first kappa shape index (κ1) is 22.1. The zero-order chi connectivity index (χ0) is 17.2. The van der Waals surface area contributed by atoms with Crippen LogP contribution in [0.1, 0.15) is 41.0 Å². The lowest BCUT2D eigenvalue weighted by molar-refractivity contribution is -0.0000750. The first-order chi connectivity index (χ1) is 10.2. The molecule has 3 atom stereocenters. The number of hydrogen-bond donors (Lipinski definition) is 1. The summed E-state index contributed by atoms with van der Waals surface area (Å²) in [5, 5.41) is 0. The van der Waals surface area contributed by atoms with E-state index in [4.69, 9.17) is 26.4 Å². The Bertz CT molecular complexity index is 326. The molecule has 2 radical (unpaired) electrons. The predicted octanol–water partition coefficient (Wildman–Crippen LogP) is 2.95. The normalized spacial score (nSPS) is 17.6. The monoisotopic (exact) mass is 336 g/mol. The second-order valence-electron chi connectivity index (χ2n) is 5.77. The lowest BCUT2D eigenvalue weighted by Crippen LogP contribution is -2.22. The van der Waals surface area contributed by atoms with Gasteiger partial charge in [-0.3, -0.25) is 9.05 Å². The largest absolute Gasteiger partial charge is 0.472 e. The first-order valence-electron chi connectivity index (χ1n) is 7.79. The van der Waals surface area contributed by atoms with Crippen LogP contribution >= 0.6 is 7.82 Å². The van der Waals surface area contributed by atoms with Gasteiger partial charge in [0.1, 0.15) is 0 Å². The Kier molecular flexibility index (Phi) is 11.7. The molecule has 8 heteroatoms. The smallest absolute Gasteiger partial charge is 0.378 e. The minimum Gasteiger partial charge on any atom is -0.378 e. The Labute approximate surface area is 135 Å². The van der Waals surface area contributed by atoms with Crippen LogP contribution in [0.3, 0.4) is 0 Å². The molecule has 0 fully saturated rings. The molecule has 1 unspecified atom stereocenters. The van der Waals surface area contributed by atoms with Crippen LogP contribution in [0.5, 0.6) is 0 Å². The Balaban J connectivity index is 4.26. The summed E-state index contributed by atoms with van der Waals surface area (Å²) in [7, 11) is 1.36. The van der Waals surface area contributed by atoms with Gasteiger partial charge in [-0.1, -0.05) is 13.2 Å². The summed E-state index contributed by atoms with van der Waals surface area (Å²) in [6.45, 7) is 10.3. The number of hydrogen-bond acceptors (Lipinski definition) is 5. The predicted molar refractivity (Wildman–Crippen MR) is 87.2 cm³/mol. The molecule has 0 saturated heterocycles. The van der Waals surface area contributed by atoms with Crippen LogP contribution in [-0.4, -0.2) is 50.9 Å². The van der Waals surface area contributed by atoms with E-state index in [1.165, 1.54) is 0 Å². The Morgan fingerprint density at radius 1 is 1.05 bits per heavy atom. The fraction of sp³-hybridized carbons (Fsp3) is 1.00. The zero-order valence-corrected chi connectivity index (χ0v) is 15.3. The summed E-state index contributed by atoms with van der Waals surface area (Å²) in [6.07, 6.45) is 0.290. The van der Waals surface area contributed by atoms with Gasteiger partial charge in [0.2, 0.25) is 0 Å². The second kappa shape index (κ2) is 11.6. The summed E-state index contributed by atoms with van der Waals surface area (Å²) < 4.78 is 32.9. The van der Waals surface area contributed by atoms with E-state index in [0.717, 1.165) is 6.42 Å². The van der Waals surface area contributed by atoms with E-state index < -0.39 is 13.9 Å². The molecule has 0 aromatic heterocycles. The second-order valence-corrected chi connectivity index (χ2v) is 7.17. The molecule has 0 spiro atoms. The first-order valence-corrected chi connectivity index (χ1v) is 9.28. The minimum atomic E-state index is -4.16. The lowest BCUT2D eigenvalue weighted by atomic mass is 10.0. The number of rotatable bonds is 13. The van der Waals surface area contributed by atoms with Crippen LogP contribution in [0, 0.1) is 5.92 Å². The van der Waals surface area contributed by atoms with Gasteiger partial charge in [-0.05, 0) is 34.1 Å². The highest BCUT2D eigenvalue weighted by molar-refractivity contribution is 7.47. The lowest BCUT2D eigenvalue weighted by Gasteiger charge is -2.23. The third kappa shape index (κ3) is 11.6. The van der Waals surface area contributed by atoms with Gasteiger partial charge in [0.05, 0.1) is 46.0 Å². The number of ether oxygens (including phenoxy) is 2. The third-order valence-electron chi connectivity index (χ3n) is 2.88. The molecule has 0 aliphatic carbocycles.